The lowest BCUT2D eigenvalue weighted by Crippen LogP contribution is -2.33. The highest BCUT2D eigenvalue weighted by molar-refractivity contribution is 7.16. The van der Waals surface area contributed by atoms with E-state index in [1.165, 1.54) is 33.9 Å². The molecule has 0 unspecified atom stereocenters. The van der Waals surface area contributed by atoms with Crippen molar-refractivity contribution >= 4 is 41.2 Å². The molecule has 1 aromatic carbocycles. The van der Waals surface area contributed by atoms with Crippen LogP contribution in [0, 0.1) is 0 Å². The summed E-state index contributed by atoms with van der Waals surface area (Å²) in [5.41, 5.74) is 5.97. The molecule has 1 amide bonds. The van der Waals surface area contributed by atoms with Gasteiger partial charge >= 0.3 is 0 Å². The summed E-state index contributed by atoms with van der Waals surface area (Å²) in [6.45, 7) is 6.47. The van der Waals surface area contributed by atoms with Gasteiger partial charge in [0.2, 0.25) is 0 Å². The quantitative estimate of drug-likeness (QED) is 0.174. The molecule has 7 heteroatoms. The zero-order chi connectivity index (χ0) is 28.1. The molecule has 0 saturated heterocycles. The molecule has 3 heterocycles. The maximum atomic E-state index is 13.7. The topological polar surface area (TPSA) is 60.8 Å². The Morgan fingerprint density at radius 2 is 2.08 bits per heavy atom. The third kappa shape index (κ3) is 6.26. The Labute approximate surface area is 241 Å². The zero-order valence-electron chi connectivity index (χ0n) is 23.6. The van der Waals surface area contributed by atoms with Gasteiger partial charge in [-0.05, 0) is 74.2 Å². The van der Waals surface area contributed by atoms with Gasteiger partial charge < -0.3 is 15.1 Å². The Morgan fingerprint density at radius 3 is 2.77 bits per heavy atom. The Bertz CT molecular complexity index is 1460. The van der Waals surface area contributed by atoms with Crippen LogP contribution in [0.25, 0.3) is 16.1 Å². The standard InChI is InChI=1S/C33H37N5OS/c1-5-10-27(36-25-16-17-25)30-21-24-19-20-38(29-14-9-7-12-26(29)32(24)40-30)33(39)28(34-2)13-8-6-11-23-15-18-31(35-22-23)37(3)4/h6-10,12-15,18,21-22,25,36H,2,5,11,16-17,19-20H2,1,3-4H3/b8-6-,27-10+,28-13-. The molecule has 1 aliphatic heterocycles. The summed E-state index contributed by atoms with van der Waals surface area (Å²) >= 11 is 1.82. The largest absolute Gasteiger partial charge is 0.381 e. The number of nitrogens with zero attached hydrogens (tertiary/aromatic N) is 4. The highest BCUT2D eigenvalue weighted by Gasteiger charge is 2.28. The molecule has 0 atom stereocenters. The molecule has 40 heavy (non-hydrogen) atoms. The lowest BCUT2D eigenvalue weighted by atomic mass is 10.1. The Kier molecular flexibility index (Phi) is 8.60. The van der Waals surface area contributed by atoms with Crippen molar-refractivity contribution in [2.24, 2.45) is 4.99 Å². The van der Waals surface area contributed by atoms with E-state index in [0.717, 1.165) is 41.9 Å². The van der Waals surface area contributed by atoms with E-state index >= 15 is 0 Å². The van der Waals surface area contributed by atoms with Gasteiger partial charge in [0.1, 0.15) is 11.5 Å². The van der Waals surface area contributed by atoms with Gasteiger partial charge in [0.15, 0.2) is 0 Å². The highest BCUT2D eigenvalue weighted by atomic mass is 32.1. The molecule has 6 nitrogen and oxygen atoms in total. The second-order valence-corrected chi connectivity index (χ2v) is 11.4. The number of hydrogen-bond acceptors (Lipinski definition) is 6. The minimum absolute atomic E-state index is 0.138. The first-order valence-corrected chi connectivity index (χ1v) is 14.8. The van der Waals surface area contributed by atoms with Gasteiger partial charge in [0.25, 0.3) is 5.91 Å². The van der Waals surface area contributed by atoms with Crippen LogP contribution in [0.5, 0.6) is 0 Å². The number of amides is 1. The number of allylic oxidation sites excluding steroid dienone is 4. The van der Waals surface area contributed by atoms with Crippen molar-refractivity contribution in [3.05, 3.63) is 94.7 Å². The minimum atomic E-state index is -0.138. The first-order valence-electron chi connectivity index (χ1n) is 13.9. The summed E-state index contributed by atoms with van der Waals surface area (Å²) in [7, 11) is 3.95. The molecule has 2 aromatic heterocycles. The van der Waals surface area contributed by atoms with E-state index in [1.54, 1.807) is 6.08 Å². The number of pyridine rings is 1. The summed E-state index contributed by atoms with van der Waals surface area (Å²) in [5.74, 6) is 0.786. The number of hydrogen-bond donors (Lipinski definition) is 1. The molecule has 1 saturated carbocycles. The molecule has 2 aliphatic rings. The second-order valence-electron chi connectivity index (χ2n) is 10.4. The number of rotatable bonds is 10. The van der Waals surface area contributed by atoms with E-state index < -0.39 is 0 Å². The monoisotopic (exact) mass is 551 g/mol. The van der Waals surface area contributed by atoms with Crippen molar-refractivity contribution in [3.8, 4) is 10.4 Å². The van der Waals surface area contributed by atoms with Gasteiger partial charge in [-0.3, -0.25) is 9.79 Å². The van der Waals surface area contributed by atoms with Crippen LogP contribution < -0.4 is 15.1 Å². The van der Waals surface area contributed by atoms with Crippen molar-refractivity contribution in [3.63, 3.8) is 0 Å². The Balaban J connectivity index is 1.35. The van der Waals surface area contributed by atoms with Crippen LogP contribution in [0.15, 0.2) is 83.7 Å². The maximum absolute atomic E-state index is 13.7. The summed E-state index contributed by atoms with van der Waals surface area (Å²) in [6.07, 6.45) is 14.8. The number of carbonyl (C=O) groups excluding carboxylic acids is 1. The third-order valence-corrected chi connectivity index (χ3v) is 8.35. The second kappa shape index (κ2) is 12.5. The number of para-hydroxylation sites is 1. The van der Waals surface area contributed by atoms with Crippen LogP contribution in [0.4, 0.5) is 11.5 Å². The average Bonchev–Trinajstić information content (AvgIpc) is 3.72. The summed E-state index contributed by atoms with van der Waals surface area (Å²) in [5, 5.41) is 3.72. The fraction of sp³-hybridized carbons (Fsp3) is 0.303. The summed E-state index contributed by atoms with van der Waals surface area (Å²) in [4.78, 5) is 28.6. The summed E-state index contributed by atoms with van der Waals surface area (Å²) < 4.78 is 0. The summed E-state index contributed by atoms with van der Waals surface area (Å²) in [6, 6.07) is 15.2. The number of fused-ring (bicyclic) bond motifs is 3. The fourth-order valence-corrected chi connectivity index (χ4v) is 6.07. The first kappa shape index (κ1) is 27.6. The number of aliphatic imine (C=N–C) groups is 1. The van der Waals surface area contributed by atoms with E-state index in [9.17, 15) is 4.79 Å². The third-order valence-electron chi connectivity index (χ3n) is 7.11. The first-order chi connectivity index (χ1) is 19.5. The van der Waals surface area contributed by atoms with Crippen LogP contribution in [0.2, 0.25) is 0 Å². The average molecular weight is 552 g/mol. The van der Waals surface area contributed by atoms with Crippen molar-refractivity contribution in [1.29, 1.82) is 0 Å². The van der Waals surface area contributed by atoms with E-state index in [1.807, 2.05) is 77.8 Å². The molecule has 0 bridgehead atoms. The molecule has 0 radical (unpaired) electrons. The Hall–Kier alpha value is -3.97. The van der Waals surface area contributed by atoms with Gasteiger partial charge in [-0.25, -0.2) is 4.98 Å². The fourth-order valence-electron chi connectivity index (χ4n) is 4.82. The number of benzene rings is 1. The van der Waals surface area contributed by atoms with Crippen LogP contribution in [0.1, 0.15) is 42.2 Å². The van der Waals surface area contributed by atoms with Gasteiger partial charge in [-0.15, -0.1) is 11.3 Å². The van der Waals surface area contributed by atoms with Crippen LogP contribution in [0.3, 0.4) is 0 Å². The van der Waals surface area contributed by atoms with Crippen molar-refractivity contribution in [2.75, 3.05) is 30.4 Å². The highest BCUT2D eigenvalue weighted by Crippen LogP contribution is 2.43. The van der Waals surface area contributed by atoms with Crippen LogP contribution in [-0.4, -0.2) is 44.3 Å². The lowest BCUT2D eigenvalue weighted by Gasteiger charge is -2.23. The van der Waals surface area contributed by atoms with Crippen molar-refractivity contribution in [2.45, 2.75) is 45.1 Å². The normalized spacial score (nSPS) is 15.4. The van der Waals surface area contributed by atoms with Gasteiger partial charge in [-0.1, -0.05) is 49.4 Å². The smallest absolute Gasteiger partial charge is 0.276 e. The number of nitrogens with one attached hydrogen (secondary N) is 1. The maximum Gasteiger partial charge on any atom is 0.276 e. The van der Waals surface area contributed by atoms with Gasteiger partial charge in [-0.2, -0.15) is 0 Å². The molecular formula is C33H37N5OS. The van der Waals surface area contributed by atoms with E-state index in [0.29, 0.717) is 18.3 Å². The van der Waals surface area contributed by atoms with Gasteiger partial charge in [0.05, 0.1) is 10.6 Å². The van der Waals surface area contributed by atoms with Crippen molar-refractivity contribution < 1.29 is 4.79 Å². The molecule has 5 rings (SSSR count). The molecule has 1 aliphatic carbocycles. The number of aromatic nitrogens is 1. The Morgan fingerprint density at radius 1 is 1.25 bits per heavy atom. The van der Waals surface area contributed by atoms with Crippen molar-refractivity contribution in [1.82, 2.24) is 10.3 Å². The van der Waals surface area contributed by atoms with Crippen LogP contribution in [-0.2, 0) is 17.6 Å². The van der Waals surface area contributed by atoms with E-state index in [4.69, 9.17) is 0 Å². The number of anilines is 2. The SMILES string of the molecule is C=N/C(=C\C=C/Cc1ccc(N(C)C)nc1)C(=O)N1CCc2cc(/C(=C\CC)NC3CC3)sc2-c2ccccc21. The number of thiophene rings is 1. The molecule has 206 valence electrons. The number of carbonyl (C=O) groups is 1. The van der Waals surface area contributed by atoms with Gasteiger partial charge in [0, 0.05) is 49.0 Å². The minimum Gasteiger partial charge on any atom is -0.381 e. The predicted octanol–water partition coefficient (Wildman–Crippen LogP) is 6.65. The zero-order valence-corrected chi connectivity index (χ0v) is 24.4. The molecule has 1 N–H and O–H groups in total. The van der Waals surface area contributed by atoms with E-state index in [2.05, 4.69) is 53.2 Å². The molecule has 3 aromatic rings. The molecule has 0 spiro atoms. The molecular weight excluding hydrogens is 514 g/mol. The molecule has 1 fully saturated rings. The van der Waals surface area contributed by atoms with E-state index in [-0.39, 0.29) is 5.91 Å². The lowest BCUT2D eigenvalue weighted by molar-refractivity contribution is -0.115. The predicted molar refractivity (Wildman–Crippen MR) is 169 cm³/mol. The van der Waals surface area contributed by atoms with Crippen LogP contribution >= 0.6 is 11.3 Å².